The number of likely N-dealkylation sites (N-methyl/N-ethyl adjacent to an activating group) is 1. The molecule has 1 fully saturated rings. The van der Waals surface area contributed by atoms with Crippen molar-refractivity contribution in [1.82, 2.24) is 4.90 Å². The van der Waals surface area contributed by atoms with Crippen LogP contribution in [0.15, 0.2) is 0 Å². The summed E-state index contributed by atoms with van der Waals surface area (Å²) in [5.74, 6) is 0.0439. The molecular formula is C15H30N2O2. The van der Waals surface area contributed by atoms with Crippen LogP contribution in [-0.4, -0.2) is 42.1 Å². The maximum Gasteiger partial charge on any atom is 0.242 e. The molecule has 19 heavy (non-hydrogen) atoms. The number of hydrogen-bond donors (Lipinski definition) is 1. The molecule has 1 amide bonds. The van der Waals surface area contributed by atoms with Gasteiger partial charge in [-0.25, -0.2) is 0 Å². The van der Waals surface area contributed by atoms with Crippen LogP contribution in [0.4, 0.5) is 0 Å². The molecule has 1 saturated carbocycles. The zero-order chi connectivity index (χ0) is 14.8. The van der Waals surface area contributed by atoms with Crippen molar-refractivity contribution >= 4 is 5.91 Å². The van der Waals surface area contributed by atoms with Gasteiger partial charge in [0.15, 0.2) is 0 Å². The third-order valence-electron chi connectivity index (χ3n) is 4.54. The van der Waals surface area contributed by atoms with E-state index in [2.05, 4.69) is 20.8 Å². The van der Waals surface area contributed by atoms with Crippen molar-refractivity contribution in [2.24, 2.45) is 11.1 Å². The van der Waals surface area contributed by atoms with E-state index in [1.165, 1.54) is 0 Å². The first kappa shape index (κ1) is 16.4. The molecule has 0 radical (unpaired) electrons. The van der Waals surface area contributed by atoms with E-state index in [1.54, 1.807) is 0 Å². The summed E-state index contributed by atoms with van der Waals surface area (Å²) in [7, 11) is 1.87. The number of hydrogen-bond acceptors (Lipinski definition) is 3. The molecule has 3 unspecified atom stereocenters. The van der Waals surface area contributed by atoms with Crippen LogP contribution in [-0.2, 0) is 9.53 Å². The lowest BCUT2D eigenvalue weighted by Crippen LogP contribution is -2.65. The normalized spacial score (nSPS) is 28.4. The second-order valence-corrected chi connectivity index (χ2v) is 6.60. The van der Waals surface area contributed by atoms with Crippen LogP contribution in [0, 0.1) is 5.41 Å². The van der Waals surface area contributed by atoms with Gasteiger partial charge in [0.1, 0.15) is 0 Å². The van der Waals surface area contributed by atoms with Crippen LogP contribution in [0.5, 0.6) is 0 Å². The van der Waals surface area contributed by atoms with Gasteiger partial charge >= 0.3 is 0 Å². The van der Waals surface area contributed by atoms with Crippen molar-refractivity contribution < 1.29 is 9.53 Å². The van der Waals surface area contributed by atoms with E-state index in [0.29, 0.717) is 0 Å². The summed E-state index contributed by atoms with van der Waals surface area (Å²) < 4.78 is 5.72. The maximum atomic E-state index is 12.5. The Labute approximate surface area is 117 Å². The fraction of sp³-hybridized carbons (Fsp3) is 0.933. The minimum atomic E-state index is -0.754. The van der Waals surface area contributed by atoms with Gasteiger partial charge < -0.3 is 15.4 Å². The number of carbonyl (C=O) groups excluding carboxylic acids is 1. The van der Waals surface area contributed by atoms with Gasteiger partial charge in [0.25, 0.3) is 0 Å². The van der Waals surface area contributed by atoms with E-state index in [1.807, 2.05) is 25.8 Å². The Balaban J connectivity index is 2.70. The molecule has 0 aromatic rings. The van der Waals surface area contributed by atoms with E-state index < -0.39 is 5.54 Å². The van der Waals surface area contributed by atoms with Crippen molar-refractivity contribution in [1.29, 1.82) is 0 Å². The maximum absolute atomic E-state index is 12.5. The van der Waals surface area contributed by atoms with Crippen LogP contribution in [0.25, 0.3) is 0 Å². The topological polar surface area (TPSA) is 55.6 Å². The molecule has 0 aromatic heterocycles. The Bertz CT molecular complexity index is 326. The van der Waals surface area contributed by atoms with Crippen molar-refractivity contribution in [2.45, 2.75) is 71.6 Å². The smallest absolute Gasteiger partial charge is 0.242 e. The summed E-state index contributed by atoms with van der Waals surface area (Å²) >= 11 is 0. The number of nitrogens with zero attached hydrogens (tertiary/aromatic N) is 1. The predicted octanol–water partition coefficient (Wildman–Crippen LogP) is 2.17. The van der Waals surface area contributed by atoms with Gasteiger partial charge in [-0.05, 0) is 26.7 Å². The Morgan fingerprint density at radius 2 is 2.05 bits per heavy atom. The summed E-state index contributed by atoms with van der Waals surface area (Å²) in [4.78, 5) is 14.3. The third kappa shape index (κ3) is 3.11. The Morgan fingerprint density at radius 1 is 1.47 bits per heavy atom. The first-order chi connectivity index (χ1) is 8.68. The molecule has 2 N–H and O–H groups in total. The summed E-state index contributed by atoms with van der Waals surface area (Å²) in [5.41, 5.74) is 5.40. The molecule has 0 aromatic carbocycles. The number of rotatable bonds is 6. The zero-order valence-electron chi connectivity index (χ0n) is 13.3. The summed E-state index contributed by atoms with van der Waals surface area (Å²) in [6, 6.07) is 0.219. The van der Waals surface area contributed by atoms with E-state index >= 15 is 0 Å². The highest BCUT2D eigenvalue weighted by molar-refractivity contribution is 5.85. The minimum absolute atomic E-state index is 0.00269. The molecule has 0 aliphatic heterocycles. The van der Waals surface area contributed by atoms with E-state index in [-0.39, 0.29) is 23.5 Å². The Kier molecular flexibility index (Phi) is 5.02. The first-order valence-electron chi connectivity index (χ1n) is 7.36. The fourth-order valence-electron chi connectivity index (χ4n) is 3.18. The highest BCUT2D eigenvalue weighted by atomic mass is 16.5. The fourth-order valence-corrected chi connectivity index (χ4v) is 3.18. The highest BCUT2D eigenvalue weighted by Gasteiger charge is 2.52. The molecule has 112 valence electrons. The second-order valence-electron chi connectivity index (χ2n) is 6.60. The van der Waals surface area contributed by atoms with Gasteiger partial charge in [-0.2, -0.15) is 0 Å². The molecule has 0 heterocycles. The summed E-state index contributed by atoms with van der Waals surface area (Å²) in [6.07, 6.45) is 2.79. The minimum Gasteiger partial charge on any atom is -0.378 e. The second kappa shape index (κ2) is 5.80. The number of ether oxygens (including phenoxy) is 1. The molecule has 4 nitrogen and oxygen atoms in total. The van der Waals surface area contributed by atoms with Gasteiger partial charge in [-0.3, -0.25) is 4.79 Å². The average molecular weight is 270 g/mol. The van der Waals surface area contributed by atoms with Gasteiger partial charge in [-0.15, -0.1) is 0 Å². The quantitative estimate of drug-likeness (QED) is 0.804. The summed E-state index contributed by atoms with van der Waals surface area (Å²) in [6.45, 7) is 11.0. The van der Waals surface area contributed by atoms with Gasteiger partial charge in [-0.1, -0.05) is 27.2 Å². The van der Waals surface area contributed by atoms with Crippen LogP contribution in [0.1, 0.15) is 53.9 Å². The summed E-state index contributed by atoms with van der Waals surface area (Å²) in [5, 5.41) is 0. The lowest BCUT2D eigenvalue weighted by molar-refractivity contribution is -0.167. The standard InChI is InChI=1S/C15H30N2O2/c1-7-9-15(5,16)13(18)17(6)11-10-12(19-8-2)14(11,3)4/h11-12H,7-10,16H2,1-6H3. The molecule has 4 heteroatoms. The monoisotopic (exact) mass is 270 g/mol. The molecule has 1 aliphatic carbocycles. The molecule has 0 spiro atoms. The highest BCUT2D eigenvalue weighted by Crippen LogP contribution is 2.45. The van der Waals surface area contributed by atoms with Crippen molar-refractivity contribution in [3.63, 3.8) is 0 Å². The average Bonchev–Trinajstić information content (AvgIpc) is 2.32. The third-order valence-corrected chi connectivity index (χ3v) is 4.54. The van der Waals surface area contributed by atoms with Gasteiger partial charge in [0.2, 0.25) is 5.91 Å². The van der Waals surface area contributed by atoms with Crippen LogP contribution < -0.4 is 5.73 Å². The van der Waals surface area contributed by atoms with Crippen molar-refractivity contribution in [2.75, 3.05) is 13.7 Å². The molecule has 1 rings (SSSR count). The SMILES string of the molecule is CCCC(C)(N)C(=O)N(C)C1CC(OCC)C1(C)C. The largest absolute Gasteiger partial charge is 0.378 e. The molecule has 0 saturated heterocycles. The Hall–Kier alpha value is -0.610. The van der Waals surface area contributed by atoms with Crippen LogP contribution in [0.3, 0.4) is 0 Å². The van der Waals surface area contributed by atoms with E-state index in [0.717, 1.165) is 25.9 Å². The molecule has 0 bridgehead atoms. The van der Waals surface area contributed by atoms with Crippen molar-refractivity contribution in [3.05, 3.63) is 0 Å². The molecule has 1 aliphatic rings. The first-order valence-corrected chi connectivity index (χ1v) is 7.36. The van der Waals surface area contributed by atoms with Gasteiger partial charge in [0, 0.05) is 25.1 Å². The van der Waals surface area contributed by atoms with Crippen LogP contribution >= 0.6 is 0 Å². The lowest BCUT2D eigenvalue weighted by Gasteiger charge is -2.55. The zero-order valence-corrected chi connectivity index (χ0v) is 13.3. The van der Waals surface area contributed by atoms with E-state index in [9.17, 15) is 4.79 Å². The Morgan fingerprint density at radius 3 is 2.47 bits per heavy atom. The molecule has 3 atom stereocenters. The predicted molar refractivity (Wildman–Crippen MR) is 77.9 cm³/mol. The van der Waals surface area contributed by atoms with Crippen LogP contribution in [0.2, 0.25) is 0 Å². The number of amides is 1. The van der Waals surface area contributed by atoms with Gasteiger partial charge in [0.05, 0.1) is 11.6 Å². The van der Waals surface area contributed by atoms with Crippen molar-refractivity contribution in [3.8, 4) is 0 Å². The molecular weight excluding hydrogens is 240 g/mol. The number of nitrogens with two attached hydrogens (primary N) is 1. The number of carbonyl (C=O) groups is 1. The lowest BCUT2D eigenvalue weighted by atomic mass is 9.63. The van der Waals surface area contributed by atoms with E-state index in [4.69, 9.17) is 10.5 Å².